The highest BCUT2D eigenvalue weighted by molar-refractivity contribution is 7.91. The SMILES string of the molecule is O=S1(=O)CCC(C(CCl)Cc2ccccc2Cl)C1. The van der Waals surface area contributed by atoms with Crippen LogP contribution < -0.4 is 0 Å². The second kappa shape index (κ2) is 5.81. The summed E-state index contributed by atoms with van der Waals surface area (Å²) in [4.78, 5) is 0. The maximum atomic E-state index is 11.5. The number of hydrogen-bond donors (Lipinski definition) is 0. The number of sulfone groups is 1. The molecule has 1 saturated heterocycles. The Hall–Kier alpha value is -0.250. The van der Waals surface area contributed by atoms with Gasteiger partial charge in [0, 0.05) is 10.9 Å². The van der Waals surface area contributed by atoms with E-state index in [9.17, 15) is 8.42 Å². The topological polar surface area (TPSA) is 34.1 Å². The van der Waals surface area contributed by atoms with Crippen molar-refractivity contribution in [1.29, 1.82) is 0 Å². The van der Waals surface area contributed by atoms with Crippen LogP contribution in [-0.4, -0.2) is 25.8 Å². The molecule has 0 saturated carbocycles. The third-order valence-corrected chi connectivity index (χ3v) is 6.13. The molecule has 0 radical (unpaired) electrons. The first-order valence-electron chi connectivity index (χ1n) is 6.01. The van der Waals surface area contributed by atoms with Crippen molar-refractivity contribution in [2.24, 2.45) is 11.8 Å². The minimum Gasteiger partial charge on any atom is -0.229 e. The molecular weight excluding hydrogens is 291 g/mol. The van der Waals surface area contributed by atoms with Crippen LogP contribution in [0.4, 0.5) is 0 Å². The number of alkyl halides is 1. The maximum Gasteiger partial charge on any atom is 0.150 e. The summed E-state index contributed by atoms with van der Waals surface area (Å²) in [6.07, 6.45) is 1.48. The van der Waals surface area contributed by atoms with E-state index in [0.717, 1.165) is 23.4 Å². The highest BCUT2D eigenvalue weighted by atomic mass is 35.5. The van der Waals surface area contributed by atoms with Crippen LogP contribution in [0.2, 0.25) is 5.02 Å². The van der Waals surface area contributed by atoms with Crippen molar-refractivity contribution < 1.29 is 8.42 Å². The second-order valence-corrected chi connectivity index (χ2v) is 7.82. The van der Waals surface area contributed by atoms with Gasteiger partial charge in [-0.05, 0) is 36.3 Å². The lowest BCUT2D eigenvalue weighted by atomic mass is 9.88. The fourth-order valence-electron chi connectivity index (χ4n) is 2.49. The fourth-order valence-corrected chi connectivity index (χ4v) is 4.98. The number of hydrogen-bond acceptors (Lipinski definition) is 2. The van der Waals surface area contributed by atoms with E-state index in [2.05, 4.69) is 0 Å². The summed E-state index contributed by atoms with van der Waals surface area (Å²) in [5.41, 5.74) is 1.05. The summed E-state index contributed by atoms with van der Waals surface area (Å²) < 4.78 is 23.0. The molecule has 5 heteroatoms. The summed E-state index contributed by atoms with van der Waals surface area (Å²) in [5.74, 6) is 1.40. The molecule has 1 aromatic carbocycles. The summed E-state index contributed by atoms with van der Waals surface area (Å²) in [7, 11) is -2.84. The standard InChI is InChI=1S/C13H16Cl2O2S/c14-8-12(11-5-6-18(16,17)9-11)7-10-3-1-2-4-13(10)15/h1-4,11-12H,5-9H2. The first kappa shape index (κ1) is 14.2. The van der Waals surface area contributed by atoms with Crippen molar-refractivity contribution in [2.75, 3.05) is 17.4 Å². The van der Waals surface area contributed by atoms with Gasteiger partial charge in [-0.15, -0.1) is 11.6 Å². The van der Waals surface area contributed by atoms with E-state index in [0.29, 0.717) is 11.6 Å². The molecular formula is C13H16Cl2O2S. The van der Waals surface area contributed by atoms with Crippen LogP contribution in [0.15, 0.2) is 24.3 Å². The summed E-state index contributed by atoms with van der Waals surface area (Å²) in [6, 6.07) is 7.67. The number of halogens is 2. The van der Waals surface area contributed by atoms with Crippen molar-refractivity contribution in [2.45, 2.75) is 12.8 Å². The van der Waals surface area contributed by atoms with E-state index in [4.69, 9.17) is 23.2 Å². The minimum absolute atomic E-state index is 0.170. The van der Waals surface area contributed by atoms with Crippen molar-refractivity contribution in [3.8, 4) is 0 Å². The molecule has 2 nitrogen and oxygen atoms in total. The molecule has 0 bridgehead atoms. The lowest BCUT2D eigenvalue weighted by Gasteiger charge is -2.20. The van der Waals surface area contributed by atoms with Crippen LogP contribution in [-0.2, 0) is 16.3 Å². The first-order chi connectivity index (χ1) is 8.52. The molecule has 2 atom stereocenters. The normalized spacial score (nSPS) is 24.0. The van der Waals surface area contributed by atoms with Gasteiger partial charge in [0.2, 0.25) is 0 Å². The van der Waals surface area contributed by atoms with Crippen molar-refractivity contribution in [3.05, 3.63) is 34.9 Å². The molecule has 2 unspecified atom stereocenters. The highest BCUT2D eigenvalue weighted by Crippen LogP contribution is 2.31. The third kappa shape index (κ3) is 3.40. The first-order valence-corrected chi connectivity index (χ1v) is 8.75. The third-order valence-electron chi connectivity index (χ3n) is 3.57. The molecule has 18 heavy (non-hydrogen) atoms. The quantitative estimate of drug-likeness (QED) is 0.801. The average Bonchev–Trinajstić information content (AvgIpc) is 2.68. The predicted molar refractivity (Wildman–Crippen MR) is 76.1 cm³/mol. The van der Waals surface area contributed by atoms with E-state index in [1.165, 1.54) is 0 Å². The lowest BCUT2D eigenvalue weighted by molar-refractivity contribution is 0.398. The van der Waals surface area contributed by atoms with E-state index in [1.54, 1.807) is 0 Å². The van der Waals surface area contributed by atoms with Crippen LogP contribution >= 0.6 is 23.2 Å². The van der Waals surface area contributed by atoms with Gasteiger partial charge in [-0.1, -0.05) is 29.8 Å². The van der Waals surface area contributed by atoms with Crippen molar-refractivity contribution in [1.82, 2.24) is 0 Å². The van der Waals surface area contributed by atoms with Gasteiger partial charge in [0.25, 0.3) is 0 Å². The lowest BCUT2D eigenvalue weighted by Crippen LogP contribution is -2.20. The maximum absolute atomic E-state index is 11.5. The second-order valence-electron chi connectivity index (χ2n) is 4.87. The Morgan fingerprint density at radius 1 is 1.33 bits per heavy atom. The van der Waals surface area contributed by atoms with Crippen LogP contribution in [0.5, 0.6) is 0 Å². The average molecular weight is 307 g/mol. The summed E-state index contributed by atoms with van der Waals surface area (Å²) in [6.45, 7) is 0. The van der Waals surface area contributed by atoms with Gasteiger partial charge in [0.15, 0.2) is 9.84 Å². The van der Waals surface area contributed by atoms with Gasteiger partial charge in [0.1, 0.15) is 0 Å². The molecule has 1 aliphatic heterocycles. The molecule has 0 spiro atoms. The molecule has 1 aliphatic rings. The molecule has 0 aliphatic carbocycles. The van der Waals surface area contributed by atoms with Gasteiger partial charge in [-0.3, -0.25) is 0 Å². The van der Waals surface area contributed by atoms with Crippen LogP contribution in [0.25, 0.3) is 0 Å². The Balaban J connectivity index is 2.09. The molecule has 100 valence electrons. The Morgan fingerprint density at radius 3 is 2.61 bits per heavy atom. The molecule has 1 aromatic rings. The van der Waals surface area contributed by atoms with Gasteiger partial charge in [0.05, 0.1) is 11.5 Å². The zero-order valence-corrected chi connectivity index (χ0v) is 12.3. The molecule has 0 aromatic heterocycles. The number of benzene rings is 1. The van der Waals surface area contributed by atoms with Gasteiger partial charge in [-0.25, -0.2) is 8.42 Å². The van der Waals surface area contributed by atoms with Gasteiger partial charge in [-0.2, -0.15) is 0 Å². The minimum atomic E-state index is -2.84. The van der Waals surface area contributed by atoms with Gasteiger partial charge < -0.3 is 0 Å². The zero-order chi connectivity index (χ0) is 13.2. The van der Waals surface area contributed by atoms with Gasteiger partial charge >= 0.3 is 0 Å². The highest BCUT2D eigenvalue weighted by Gasteiger charge is 2.33. The monoisotopic (exact) mass is 306 g/mol. The largest absolute Gasteiger partial charge is 0.229 e. The smallest absolute Gasteiger partial charge is 0.150 e. The van der Waals surface area contributed by atoms with Crippen LogP contribution in [0.3, 0.4) is 0 Å². The van der Waals surface area contributed by atoms with E-state index >= 15 is 0 Å². The predicted octanol–water partition coefficient (Wildman–Crippen LogP) is 3.17. The molecule has 1 fully saturated rings. The van der Waals surface area contributed by atoms with Crippen molar-refractivity contribution >= 4 is 33.0 Å². The van der Waals surface area contributed by atoms with E-state index in [1.807, 2.05) is 24.3 Å². The molecule has 1 heterocycles. The van der Waals surface area contributed by atoms with Crippen LogP contribution in [0.1, 0.15) is 12.0 Å². The molecule has 2 rings (SSSR count). The Labute approximate surface area is 118 Å². The van der Waals surface area contributed by atoms with Crippen molar-refractivity contribution in [3.63, 3.8) is 0 Å². The summed E-state index contributed by atoms with van der Waals surface area (Å²) in [5, 5.41) is 0.730. The Bertz CT molecular complexity index is 513. The Morgan fingerprint density at radius 2 is 2.06 bits per heavy atom. The van der Waals surface area contributed by atoms with Crippen LogP contribution in [0, 0.1) is 11.8 Å². The molecule has 0 amide bonds. The zero-order valence-electron chi connectivity index (χ0n) is 9.98. The molecule has 0 N–H and O–H groups in total. The Kier molecular flexibility index (Phi) is 4.57. The van der Waals surface area contributed by atoms with E-state index in [-0.39, 0.29) is 17.6 Å². The van der Waals surface area contributed by atoms with E-state index < -0.39 is 9.84 Å². The number of rotatable bonds is 4. The fraction of sp³-hybridized carbons (Fsp3) is 0.538. The summed E-state index contributed by atoms with van der Waals surface area (Å²) >= 11 is 12.1.